The third-order valence-electron chi connectivity index (χ3n) is 3.09. The summed E-state index contributed by atoms with van der Waals surface area (Å²) in [7, 11) is 1.98. The van der Waals surface area contributed by atoms with E-state index in [1.165, 1.54) is 5.56 Å². The van der Waals surface area contributed by atoms with E-state index < -0.39 is 0 Å². The number of benzene rings is 1. The van der Waals surface area contributed by atoms with Crippen molar-refractivity contribution in [3.05, 3.63) is 29.8 Å². The van der Waals surface area contributed by atoms with E-state index in [2.05, 4.69) is 42.1 Å². The molecule has 3 N–H and O–H groups in total. The molecular weight excluding hydrogens is 226 g/mol. The Morgan fingerprint density at radius 1 is 1.33 bits per heavy atom. The zero-order chi connectivity index (χ0) is 13.0. The van der Waals surface area contributed by atoms with Gasteiger partial charge in [0, 0.05) is 18.2 Å². The highest BCUT2D eigenvalue weighted by atomic mass is 16.5. The maximum absolute atomic E-state index is 5.87. The fourth-order valence-corrected chi connectivity index (χ4v) is 2.34. The molecule has 1 heterocycles. The Kier molecular flexibility index (Phi) is 4.58. The molecule has 2 unspecified atom stereocenters. The van der Waals surface area contributed by atoms with Crippen molar-refractivity contribution in [1.29, 1.82) is 0 Å². The van der Waals surface area contributed by atoms with Gasteiger partial charge in [0.25, 0.3) is 0 Å². The van der Waals surface area contributed by atoms with E-state index in [4.69, 9.17) is 4.74 Å². The average molecular weight is 249 g/mol. The summed E-state index contributed by atoms with van der Waals surface area (Å²) in [5.41, 5.74) is 7.90. The Bertz CT molecular complexity index is 381. The summed E-state index contributed by atoms with van der Waals surface area (Å²) in [6, 6.07) is 9.05. The highest BCUT2D eigenvalue weighted by Gasteiger charge is 2.26. The number of rotatable bonds is 5. The lowest BCUT2D eigenvalue weighted by Crippen LogP contribution is -2.36. The number of hydrogen-bond donors (Lipinski definition) is 3. The molecule has 2 atom stereocenters. The predicted octanol–water partition coefficient (Wildman–Crippen LogP) is 1.60. The lowest BCUT2D eigenvalue weighted by Gasteiger charge is -2.17. The van der Waals surface area contributed by atoms with Crippen molar-refractivity contribution in [1.82, 2.24) is 16.2 Å². The zero-order valence-corrected chi connectivity index (χ0v) is 11.4. The van der Waals surface area contributed by atoms with Gasteiger partial charge in [-0.25, -0.2) is 5.43 Å². The number of hydrogen-bond acceptors (Lipinski definition) is 4. The van der Waals surface area contributed by atoms with Crippen LogP contribution in [0.3, 0.4) is 0 Å². The molecule has 0 spiro atoms. The first-order valence-electron chi connectivity index (χ1n) is 6.62. The van der Waals surface area contributed by atoms with Gasteiger partial charge in [-0.1, -0.05) is 18.2 Å². The molecule has 0 saturated carbocycles. The van der Waals surface area contributed by atoms with E-state index in [0.717, 1.165) is 18.7 Å². The summed E-state index contributed by atoms with van der Waals surface area (Å²) in [6.07, 6.45) is 1.27. The maximum atomic E-state index is 5.87. The van der Waals surface area contributed by atoms with Crippen molar-refractivity contribution in [3.63, 3.8) is 0 Å². The lowest BCUT2D eigenvalue weighted by atomic mass is 10.0. The van der Waals surface area contributed by atoms with Gasteiger partial charge in [-0.05, 0) is 33.4 Å². The molecule has 1 saturated heterocycles. The fourth-order valence-electron chi connectivity index (χ4n) is 2.34. The zero-order valence-electron chi connectivity index (χ0n) is 11.4. The van der Waals surface area contributed by atoms with Gasteiger partial charge in [0.2, 0.25) is 0 Å². The Morgan fingerprint density at radius 3 is 2.83 bits per heavy atom. The van der Waals surface area contributed by atoms with Gasteiger partial charge in [0.15, 0.2) is 0 Å². The largest absolute Gasteiger partial charge is 0.491 e. The fraction of sp³-hybridized carbons (Fsp3) is 0.571. The molecule has 100 valence electrons. The highest BCUT2D eigenvalue weighted by Crippen LogP contribution is 2.30. The molecule has 0 radical (unpaired) electrons. The van der Waals surface area contributed by atoms with Crippen LogP contribution in [0.4, 0.5) is 0 Å². The van der Waals surface area contributed by atoms with Gasteiger partial charge in [-0.3, -0.25) is 5.43 Å². The SMILES string of the molecule is CNCC1CC(c2ccccc2OC(C)C)NN1. The van der Waals surface area contributed by atoms with Gasteiger partial charge in [-0.15, -0.1) is 0 Å². The topological polar surface area (TPSA) is 45.3 Å². The molecule has 18 heavy (non-hydrogen) atoms. The van der Waals surface area contributed by atoms with Crippen LogP contribution in [0.5, 0.6) is 5.75 Å². The first-order chi connectivity index (χ1) is 8.70. The molecule has 1 aromatic carbocycles. The van der Waals surface area contributed by atoms with E-state index in [9.17, 15) is 0 Å². The van der Waals surface area contributed by atoms with Crippen LogP contribution in [-0.4, -0.2) is 25.7 Å². The number of para-hydroxylation sites is 1. The second-order valence-corrected chi connectivity index (χ2v) is 5.04. The minimum Gasteiger partial charge on any atom is -0.491 e. The summed E-state index contributed by atoms with van der Waals surface area (Å²) >= 11 is 0. The average Bonchev–Trinajstić information content (AvgIpc) is 2.78. The first kappa shape index (κ1) is 13.3. The molecule has 0 aromatic heterocycles. The van der Waals surface area contributed by atoms with Crippen LogP contribution in [0.2, 0.25) is 0 Å². The van der Waals surface area contributed by atoms with E-state index >= 15 is 0 Å². The van der Waals surface area contributed by atoms with Crippen molar-refractivity contribution >= 4 is 0 Å². The van der Waals surface area contributed by atoms with Gasteiger partial charge in [-0.2, -0.15) is 0 Å². The van der Waals surface area contributed by atoms with Crippen molar-refractivity contribution < 1.29 is 4.74 Å². The third-order valence-corrected chi connectivity index (χ3v) is 3.09. The van der Waals surface area contributed by atoms with Crippen molar-refractivity contribution in [3.8, 4) is 5.75 Å². The normalized spacial score (nSPS) is 23.6. The highest BCUT2D eigenvalue weighted by molar-refractivity contribution is 5.36. The molecular formula is C14H23N3O. The van der Waals surface area contributed by atoms with Crippen LogP contribution in [-0.2, 0) is 0 Å². The number of likely N-dealkylation sites (N-methyl/N-ethyl adjacent to an activating group) is 1. The first-order valence-corrected chi connectivity index (χ1v) is 6.62. The molecule has 2 rings (SSSR count). The summed E-state index contributed by atoms with van der Waals surface area (Å²) in [5, 5.41) is 3.19. The quantitative estimate of drug-likeness (QED) is 0.742. The number of nitrogens with one attached hydrogen (secondary N) is 3. The molecule has 1 fully saturated rings. The Morgan fingerprint density at radius 2 is 2.11 bits per heavy atom. The molecule has 4 nitrogen and oxygen atoms in total. The maximum Gasteiger partial charge on any atom is 0.124 e. The number of ether oxygens (including phenoxy) is 1. The van der Waals surface area contributed by atoms with Crippen LogP contribution in [0, 0.1) is 0 Å². The Balaban J connectivity index is 2.09. The van der Waals surface area contributed by atoms with Gasteiger partial charge in [0.05, 0.1) is 12.1 Å². The van der Waals surface area contributed by atoms with Gasteiger partial charge in [0.1, 0.15) is 5.75 Å². The number of hydrazine groups is 1. The lowest BCUT2D eigenvalue weighted by molar-refractivity contribution is 0.238. The van der Waals surface area contributed by atoms with Crippen molar-refractivity contribution in [2.75, 3.05) is 13.6 Å². The summed E-state index contributed by atoms with van der Waals surface area (Å²) < 4.78 is 5.87. The molecule has 0 aliphatic carbocycles. The standard InChI is InChI=1S/C14H23N3O/c1-10(2)18-14-7-5-4-6-12(14)13-8-11(9-15-3)16-17-13/h4-7,10-11,13,15-17H,8-9H2,1-3H3. The van der Waals surface area contributed by atoms with E-state index in [0.29, 0.717) is 12.1 Å². The third kappa shape index (κ3) is 3.22. The molecule has 0 bridgehead atoms. The predicted molar refractivity (Wildman–Crippen MR) is 73.6 cm³/mol. The molecule has 1 aromatic rings. The minimum absolute atomic E-state index is 0.202. The van der Waals surface area contributed by atoms with Crippen LogP contribution >= 0.6 is 0 Å². The Hall–Kier alpha value is -1.10. The smallest absolute Gasteiger partial charge is 0.124 e. The van der Waals surface area contributed by atoms with Gasteiger partial charge >= 0.3 is 0 Å². The second-order valence-electron chi connectivity index (χ2n) is 5.04. The monoisotopic (exact) mass is 249 g/mol. The van der Waals surface area contributed by atoms with Crippen LogP contribution < -0.4 is 20.9 Å². The van der Waals surface area contributed by atoms with Crippen LogP contribution in [0.25, 0.3) is 0 Å². The van der Waals surface area contributed by atoms with E-state index in [1.807, 2.05) is 19.2 Å². The molecule has 1 aliphatic rings. The van der Waals surface area contributed by atoms with Crippen LogP contribution in [0.1, 0.15) is 31.9 Å². The van der Waals surface area contributed by atoms with Gasteiger partial charge < -0.3 is 10.1 Å². The van der Waals surface area contributed by atoms with E-state index in [-0.39, 0.29) is 6.10 Å². The summed E-state index contributed by atoms with van der Waals surface area (Å²) in [5.74, 6) is 0.983. The Labute approximate surface area is 109 Å². The summed E-state index contributed by atoms with van der Waals surface area (Å²) in [4.78, 5) is 0. The van der Waals surface area contributed by atoms with Crippen molar-refractivity contribution in [2.24, 2.45) is 0 Å². The van der Waals surface area contributed by atoms with Crippen molar-refractivity contribution in [2.45, 2.75) is 38.5 Å². The summed E-state index contributed by atoms with van der Waals surface area (Å²) in [6.45, 7) is 5.08. The van der Waals surface area contributed by atoms with E-state index in [1.54, 1.807) is 0 Å². The second kappa shape index (κ2) is 6.18. The molecule has 0 amide bonds. The minimum atomic E-state index is 0.202. The molecule has 4 heteroatoms. The molecule has 1 aliphatic heterocycles. The van der Waals surface area contributed by atoms with Crippen LogP contribution in [0.15, 0.2) is 24.3 Å².